The van der Waals surface area contributed by atoms with E-state index in [-0.39, 0.29) is 12.4 Å². The van der Waals surface area contributed by atoms with E-state index in [1.54, 1.807) is 30.3 Å². The van der Waals surface area contributed by atoms with Crippen molar-refractivity contribution in [3.8, 4) is 11.3 Å². The molecule has 0 radical (unpaired) electrons. The van der Waals surface area contributed by atoms with Crippen LogP contribution in [-0.4, -0.2) is 23.3 Å². The summed E-state index contributed by atoms with van der Waals surface area (Å²) in [6, 6.07) is 23.5. The Morgan fingerprint density at radius 2 is 1.70 bits per heavy atom. The molecule has 4 aromatic rings. The molecule has 0 N–H and O–H groups in total. The van der Waals surface area contributed by atoms with Gasteiger partial charge in [0.1, 0.15) is 0 Å². The number of carbonyl (C=O) groups excluding carboxylic acids is 2. The number of ketones is 1. The van der Waals surface area contributed by atoms with Gasteiger partial charge in [-0.15, -0.1) is 0 Å². The molecule has 4 nitrogen and oxygen atoms in total. The Balaban J connectivity index is 1.64. The normalized spacial score (nSPS) is 10.7. The highest BCUT2D eigenvalue weighted by molar-refractivity contribution is 6.31. The zero-order chi connectivity index (χ0) is 21.1. The van der Waals surface area contributed by atoms with Crippen LogP contribution in [0.3, 0.4) is 0 Å². The molecule has 0 unspecified atom stereocenters. The van der Waals surface area contributed by atoms with Gasteiger partial charge in [-0.05, 0) is 31.2 Å². The highest BCUT2D eigenvalue weighted by Crippen LogP contribution is 2.26. The van der Waals surface area contributed by atoms with Gasteiger partial charge >= 0.3 is 5.97 Å². The van der Waals surface area contributed by atoms with Crippen LogP contribution in [-0.2, 0) is 4.74 Å². The van der Waals surface area contributed by atoms with Crippen LogP contribution >= 0.6 is 11.6 Å². The summed E-state index contributed by atoms with van der Waals surface area (Å²) in [5.74, 6) is -0.889. The van der Waals surface area contributed by atoms with Gasteiger partial charge in [0.25, 0.3) is 0 Å². The van der Waals surface area contributed by atoms with E-state index in [0.717, 1.165) is 11.1 Å². The van der Waals surface area contributed by atoms with E-state index >= 15 is 0 Å². The molecule has 0 fully saturated rings. The summed E-state index contributed by atoms with van der Waals surface area (Å²) in [6.45, 7) is 1.65. The minimum atomic E-state index is -0.572. The van der Waals surface area contributed by atoms with Crippen LogP contribution in [0.15, 0.2) is 78.9 Å². The standard InChI is InChI=1S/C25H18ClNO3/c1-16-9-11-17(12-10-16)23-14-21(20-7-2-3-8-22(20)27-23)25(29)30-15-24(28)18-5-4-6-19(26)13-18/h2-14H,15H2,1H3. The van der Waals surface area contributed by atoms with Crippen molar-refractivity contribution in [2.75, 3.05) is 6.61 Å². The molecule has 0 bridgehead atoms. The van der Waals surface area contributed by atoms with Crippen molar-refractivity contribution in [2.24, 2.45) is 0 Å². The molecule has 5 heteroatoms. The van der Waals surface area contributed by atoms with Gasteiger partial charge in [-0.1, -0.05) is 71.8 Å². The van der Waals surface area contributed by atoms with Crippen LogP contribution < -0.4 is 0 Å². The van der Waals surface area contributed by atoms with Crippen molar-refractivity contribution in [2.45, 2.75) is 6.92 Å². The van der Waals surface area contributed by atoms with Crippen LogP contribution in [0.4, 0.5) is 0 Å². The first-order valence-electron chi connectivity index (χ1n) is 9.44. The minimum absolute atomic E-state index is 0.317. The SMILES string of the molecule is Cc1ccc(-c2cc(C(=O)OCC(=O)c3cccc(Cl)c3)c3ccccc3n2)cc1. The summed E-state index contributed by atoms with van der Waals surface area (Å²) >= 11 is 5.93. The zero-order valence-corrected chi connectivity index (χ0v) is 17.0. The average molecular weight is 416 g/mol. The summed E-state index contributed by atoms with van der Waals surface area (Å²) < 4.78 is 5.34. The Labute approximate surface area is 179 Å². The number of aromatic nitrogens is 1. The van der Waals surface area contributed by atoms with Crippen LogP contribution in [0.25, 0.3) is 22.2 Å². The van der Waals surface area contributed by atoms with Gasteiger partial charge in [0.05, 0.1) is 16.8 Å². The Morgan fingerprint density at radius 1 is 0.933 bits per heavy atom. The number of esters is 1. The number of pyridine rings is 1. The molecule has 3 aromatic carbocycles. The van der Waals surface area contributed by atoms with E-state index in [4.69, 9.17) is 16.3 Å². The molecule has 0 spiro atoms. The molecule has 0 aliphatic heterocycles. The minimum Gasteiger partial charge on any atom is -0.454 e. The lowest BCUT2D eigenvalue weighted by Gasteiger charge is -2.10. The zero-order valence-electron chi connectivity index (χ0n) is 16.3. The summed E-state index contributed by atoms with van der Waals surface area (Å²) in [5.41, 5.74) is 4.16. The Morgan fingerprint density at radius 3 is 2.47 bits per heavy atom. The topological polar surface area (TPSA) is 56.3 Å². The van der Waals surface area contributed by atoms with Crippen LogP contribution in [0.1, 0.15) is 26.3 Å². The molecule has 0 aliphatic carbocycles. The van der Waals surface area contributed by atoms with Gasteiger partial charge < -0.3 is 4.74 Å². The number of ether oxygens (including phenoxy) is 1. The Hall–Kier alpha value is -3.50. The molecule has 1 aromatic heterocycles. The Kier molecular flexibility index (Phi) is 5.59. The highest BCUT2D eigenvalue weighted by Gasteiger charge is 2.17. The molecule has 4 rings (SSSR count). The van der Waals surface area contributed by atoms with Crippen molar-refractivity contribution < 1.29 is 14.3 Å². The van der Waals surface area contributed by atoms with E-state index in [1.165, 1.54) is 0 Å². The average Bonchev–Trinajstić information content (AvgIpc) is 2.77. The fourth-order valence-electron chi connectivity index (χ4n) is 3.17. The third kappa shape index (κ3) is 4.24. The predicted octanol–water partition coefficient (Wildman–Crippen LogP) is 5.90. The second kappa shape index (κ2) is 8.47. The van der Waals surface area contributed by atoms with Gasteiger partial charge in [-0.2, -0.15) is 0 Å². The third-order valence-corrected chi connectivity index (χ3v) is 5.00. The molecule has 0 amide bonds. The number of fused-ring (bicyclic) bond motifs is 1. The highest BCUT2D eigenvalue weighted by atomic mass is 35.5. The van der Waals surface area contributed by atoms with Gasteiger partial charge in [0.2, 0.25) is 0 Å². The molecular weight excluding hydrogens is 398 g/mol. The summed E-state index contributed by atoms with van der Waals surface area (Å²) in [4.78, 5) is 29.9. The fourth-order valence-corrected chi connectivity index (χ4v) is 3.36. The predicted molar refractivity (Wildman–Crippen MR) is 118 cm³/mol. The summed E-state index contributed by atoms with van der Waals surface area (Å²) in [7, 11) is 0. The van der Waals surface area contributed by atoms with Crippen molar-refractivity contribution >= 4 is 34.3 Å². The molecule has 0 aliphatic rings. The maximum atomic E-state index is 12.9. The van der Waals surface area contributed by atoms with Crippen molar-refractivity contribution in [1.29, 1.82) is 0 Å². The number of Topliss-reactive ketones (excluding diaryl/α,β-unsaturated/α-hetero) is 1. The second-order valence-electron chi connectivity index (χ2n) is 6.95. The van der Waals surface area contributed by atoms with E-state index < -0.39 is 5.97 Å². The number of hydrogen-bond acceptors (Lipinski definition) is 4. The van der Waals surface area contributed by atoms with Gasteiger partial charge in [0, 0.05) is 21.5 Å². The number of benzene rings is 3. The number of para-hydroxylation sites is 1. The van der Waals surface area contributed by atoms with Gasteiger partial charge in [-0.3, -0.25) is 4.79 Å². The number of halogens is 1. The molecule has 148 valence electrons. The number of hydrogen-bond donors (Lipinski definition) is 0. The van der Waals surface area contributed by atoms with Gasteiger partial charge in [0.15, 0.2) is 12.4 Å². The maximum Gasteiger partial charge on any atom is 0.339 e. The van der Waals surface area contributed by atoms with Crippen LogP contribution in [0.2, 0.25) is 5.02 Å². The first-order valence-corrected chi connectivity index (χ1v) is 9.82. The molecule has 1 heterocycles. The molecule has 0 atom stereocenters. The van der Waals surface area contributed by atoms with Crippen LogP contribution in [0.5, 0.6) is 0 Å². The number of aryl methyl sites for hydroxylation is 1. The third-order valence-electron chi connectivity index (χ3n) is 4.76. The molecular formula is C25H18ClNO3. The first-order chi connectivity index (χ1) is 14.5. The monoisotopic (exact) mass is 415 g/mol. The number of nitrogens with zero attached hydrogens (tertiary/aromatic N) is 1. The van der Waals surface area contributed by atoms with E-state index in [2.05, 4.69) is 4.98 Å². The van der Waals surface area contributed by atoms with E-state index in [9.17, 15) is 9.59 Å². The lowest BCUT2D eigenvalue weighted by Crippen LogP contribution is -2.15. The van der Waals surface area contributed by atoms with Crippen LogP contribution in [0, 0.1) is 6.92 Å². The number of carbonyl (C=O) groups is 2. The quantitative estimate of drug-likeness (QED) is 0.300. The molecule has 0 saturated carbocycles. The van der Waals surface area contributed by atoms with Gasteiger partial charge in [-0.25, -0.2) is 9.78 Å². The van der Waals surface area contributed by atoms with Crippen molar-refractivity contribution in [1.82, 2.24) is 4.98 Å². The van der Waals surface area contributed by atoms with Crippen molar-refractivity contribution in [3.63, 3.8) is 0 Å². The first kappa shape index (κ1) is 19.8. The van der Waals surface area contributed by atoms with E-state index in [1.807, 2.05) is 55.5 Å². The maximum absolute atomic E-state index is 12.9. The summed E-state index contributed by atoms with van der Waals surface area (Å²) in [6.07, 6.45) is 0. The lowest BCUT2D eigenvalue weighted by molar-refractivity contribution is 0.0476. The fraction of sp³-hybridized carbons (Fsp3) is 0.0800. The number of rotatable bonds is 5. The van der Waals surface area contributed by atoms with E-state index in [0.29, 0.717) is 32.7 Å². The molecule has 30 heavy (non-hydrogen) atoms. The lowest BCUT2D eigenvalue weighted by atomic mass is 10.0. The largest absolute Gasteiger partial charge is 0.454 e. The summed E-state index contributed by atoms with van der Waals surface area (Å²) in [5, 5.41) is 1.13. The second-order valence-corrected chi connectivity index (χ2v) is 7.38. The molecule has 0 saturated heterocycles. The Bertz CT molecular complexity index is 1250. The van der Waals surface area contributed by atoms with Crippen molar-refractivity contribution in [3.05, 3.63) is 101 Å². The smallest absolute Gasteiger partial charge is 0.339 e.